The zero-order valence-corrected chi connectivity index (χ0v) is 17.4. The Hall–Kier alpha value is -2.08. The monoisotopic (exact) mass is 405 g/mol. The summed E-state index contributed by atoms with van der Waals surface area (Å²) in [4.78, 5) is 11.1. The van der Waals surface area contributed by atoms with Crippen molar-refractivity contribution in [2.75, 3.05) is 27.4 Å². The van der Waals surface area contributed by atoms with Crippen LogP contribution in [0.3, 0.4) is 0 Å². The summed E-state index contributed by atoms with van der Waals surface area (Å²) >= 11 is 6.07. The van der Waals surface area contributed by atoms with Crippen LogP contribution >= 0.6 is 11.6 Å². The first kappa shape index (κ1) is 22.2. The van der Waals surface area contributed by atoms with Crippen LogP contribution in [0.5, 0.6) is 5.75 Å². The Balaban J connectivity index is 1.79. The van der Waals surface area contributed by atoms with E-state index in [9.17, 15) is 4.79 Å². The molecular weight excluding hydrogens is 378 g/mol. The molecule has 0 radical (unpaired) electrons. The summed E-state index contributed by atoms with van der Waals surface area (Å²) in [5.41, 5.74) is 2.26. The molecule has 0 fully saturated rings. The molecule has 152 valence electrons. The average Bonchev–Trinajstić information content (AvgIpc) is 2.69. The second kappa shape index (κ2) is 11.7. The highest BCUT2D eigenvalue weighted by Crippen LogP contribution is 2.20. The molecule has 5 nitrogen and oxygen atoms in total. The summed E-state index contributed by atoms with van der Waals surface area (Å²) in [6, 6.07) is 15.9. The van der Waals surface area contributed by atoms with Gasteiger partial charge >= 0.3 is 5.97 Å². The quantitative estimate of drug-likeness (QED) is 0.568. The normalized spacial score (nSPS) is 13.0. The van der Waals surface area contributed by atoms with Crippen molar-refractivity contribution >= 4 is 17.6 Å². The number of nitrogens with one attached hydrogen (secondary N) is 1. The number of esters is 1. The summed E-state index contributed by atoms with van der Waals surface area (Å²) < 4.78 is 15.7. The van der Waals surface area contributed by atoms with Gasteiger partial charge in [0.2, 0.25) is 0 Å². The second-order valence-electron chi connectivity index (χ2n) is 6.61. The van der Waals surface area contributed by atoms with Crippen molar-refractivity contribution in [3.05, 3.63) is 64.7 Å². The van der Waals surface area contributed by atoms with Gasteiger partial charge in [0.25, 0.3) is 0 Å². The smallest absolute Gasteiger partial charge is 0.308 e. The van der Waals surface area contributed by atoms with Crippen molar-refractivity contribution in [3.8, 4) is 5.75 Å². The highest BCUT2D eigenvalue weighted by molar-refractivity contribution is 6.30. The number of benzene rings is 2. The van der Waals surface area contributed by atoms with E-state index in [4.69, 9.17) is 21.1 Å². The van der Waals surface area contributed by atoms with Crippen molar-refractivity contribution in [3.63, 3.8) is 0 Å². The second-order valence-corrected chi connectivity index (χ2v) is 7.05. The maximum atomic E-state index is 11.1. The number of ether oxygens (including phenoxy) is 3. The first-order chi connectivity index (χ1) is 13.5. The molecule has 0 aromatic heterocycles. The Morgan fingerprint density at radius 2 is 1.89 bits per heavy atom. The fourth-order valence-electron chi connectivity index (χ4n) is 2.85. The van der Waals surface area contributed by atoms with Crippen LogP contribution < -0.4 is 10.1 Å². The lowest BCUT2D eigenvalue weighted by molar-refractivity contribution is -0.141. The standard InChI is InChI=1S/C22H28ClNO4/c1-16(24-15-21(26-2)18-5-4-6-19(23)14-18)13-17-7-9-20(10-8-17)28-12-11-22(25)27-3/h4-10,14,16,21,24H,11-13,15H2,1-3H3. The zero-order valence-electron chi connectivity index (χ0n) is 16.6. The molecule has 0 amide bonds. The van der Waals surface area contributed by atoms with E-state index < -0.39 is 0 Å². The van der Waals surface area contributed by atoms with Crippen LogP contribution in [0.1, 0.15) is 30.6 Å². The molecule has 1 N–H and O–H groups in total. The van der Waals surface area contributed by atoms with E-state index in [2.05, 4.69) is 17.0 Å². The summed E-state index contributed by atoms with van der Waals surface area (Å²) in [6.45, 7) is 3.16. The third-order valence-corrected chi connectivity index (χ3v) is 4.66. The molecule has 0 spiro atoms. The van der Waals surface area contributed by atoms with Crippen LogP contribution in [0.4, 0.5) is 0 Å². The fourth-order valence-corrected chi connectivity index (χ4v) is 3.05. The third kappa shape index (κ3) is 7.50. The van der Waals surface area contributed by atoms with Gasteiger partial charge in [-0.15, -0.1) is 0 Å². The summed E-state index contributed by atoms with van der Waals surface area (Å²) in [5, 5.41) is 4.23. The van der Waals surface area contributed by atoms with Gasteiger partial charge < -0.3 is 19.5 Å². The largest absolute Gasteiger partial charge is 0.493 e. The van der Waals surface area contributed by atoms with Gasteiger partial charge in [0.1, 0.15) is 5.75 Å². The van der Waals surface area contributed by atoms with Crippen LogP contribution in [0.15, 0.2) is 48.5 Å². The molecule has 0 aliphatic heterocycles. The van der Waals surface area contributed by atoms with Gasteiger partial charge in [0, 0.05) is 24.7 Å². The summed E-state index contributed by atoms with van der Waals surface area (Å²) in [5.74, 6) is 0.470. The maximum absolute atomic E-state index is 11.1. The Kier molecular flexibility index (Phi) is 9.28. The van der Waals surface area contributed by atoms with Gasteiger partial charge in [-0.05, 0) is 48.7 Å². The lowest BCUT2D eigenvalue weighted by Crippen LogP contribution is -2.32. The molecule has 0 bridgehead atoms. The van der Waals surface area contributed by atoms with E-state index in [1.54, 1.807) is 7.11 Å². The van der Waals surface area contributed by atoms with Crippen LogP contribution in [0, 0.1) is 0 Å². The molecule has 2 atom stereocenters. The molecule has 2 aromatic carbocycles. The lowest BCUT2D eigenvalue weighted by Gasteiger charge is -2.20. The Morgan fingerprint density at radius 1 is 1.14 bits per heavy atom. The van der Waals surface area contributed by atoms with Gasteiger partial charge in [0.15, 0.2) is 0 Å². The number of hydrogen-bond acceptors (Lipinski definition) is 5. The van der Waals surface area contributed by atoms with Gasteiger partial charge in [-0.3, -0.25) is 4.79 Å². The molecule has 6 heteroatoms. The maximum Gasteiger partial charge on any atom is 0.308 e. The number of carbonyl (C=O) groups is 1. The van der Waals surface area contributed by atoms with Gasteiger partial charge in [0.05, 0.1) is 26.2 Å². The van der Waals surface area contributed by atoms with Crippen molar-refractivity contribution in [2.24, 2.45) is 0 Å². The van der Waals surface area contributed by atoms with Crippen molar-refractivity contribution in [2.45, 2.75) is 31.9 Å². The van der Waals surface area contributed by atoms with Crippen molar-refractivity contribution < 1.29 is 19.0 Å². The number of rotatable bonds is 11. The first-order valence-electron chi connectivity index (χ1n) is 9.32. The van der Waals surface area contributed by atoms with E-state index in [-0.39, 0.29) is 24.5 Å². The van der Waals surface area contributed by atoms with Crippen LogP contribution in [0.2, 0.25) is 5.02 Å². The zero-order chi connectivity index (χ0) is 20.4. The summed E-state index contributed by atoms with van der Waals surface area (Å²) in [7, 11) is 3.08. The lowest BCUT2D eigenvalue weighted by atomic mass is 10.1. The van der Waals surface area contributed by atoms with E-state index in [1.165, 1.54) is 12.7 Å². The van der Waals surface area contributed by atoms with E-state index >= 15 is 0 Å². The highest BCUT2D eigenvalue weighted by atomic mass is 35.5. The molecular formula is C22H28ClNO4. The number of hydrogen-bond donors (Lipinski definition) is 1. The van der Waals surface area contributed by atoms with Crippen molar-refractivity contribution in [1.29, 1.82) is 0 Å². The molecule has 0 saturated heterocycles. The molecule has 0 heterocycles. The fraction of sp³-hybridized carbons (Fsp3) is 0.409. The van der Waals surface area contributed by atoms with Crippen molar-refractivity contribution in [1.82, 2.24) is 5.32 Å². The average molecular weight is 406 g/mol. The van der Waals surface area contributed by atoms with Gasteiger partial charge in [-0.2, -0.15) is 0 Å². The van der Waals surface area contributed by atoms with Crippen LogP contribution in [-0.4, -0.2) is 39.4 Å². The van der Waals surface area contributed by atoms with E-state index in [0.717, 1.165) is 17.7 Å². The molecule has 0 aliphatic rings. The van der Waals surface area contributed by atoms with Gasteiger partial charge in [-0.25, -0.2) is 0 Å². The molecule has 2 rings (SSSR count). The number of halogens is 1. The van der Waals surface area contributed by atoms with Gasteiger partial charge in [-0.1, -0.05) is 35.9 Å². The van der Waals surface area contributed by atoms with Crippen LogP contribution in [0.25, 0.3) is 0 Å². The summed E-state index contributed by atoms with van der Waals surface area (Å²) in [6.07, 6.45) is 1.08. The van der Waals surface area contributed by atoms with E-state index in [0.29, 0.717) is 18.2 Å². The van der Waals surface area contributed by atoms with Crippen LogP contribution in [-0.2, 0) is 20.7 Å². The molecule has 2 unspecified atom stereocenters. The molecule has 0 aliphatic carbocycles. The minimum absolute atomic E-state index is 0.0493. The molecule has 0 saturated carbocycles. The Morgan fingerprint density at radius 3 is 2.54 bits per heavy atom. The number of carbonyl (C=O) groups excluding carboxylic acids is 1. The predicted octanol–water partition coefficient (Wildman–Crippen LogP) is 4.19. The predicted molar refractivity (Wildman–Crippen MR) is 111 cm³/mol. The first-order valence-corrected chi connectivity index (χ1v) is 9.69. The number of methoxy groups -OCH3 is 2. The van der Waals surface area contributed by atoms with E-state index in [1.807, 2.05) is 48.5 Å². The minimum atomic E-state index is -0.274. The molecule has 2 aromatic rings. The third-order valence-electron chi connectivity index (χ3n) is 4.42. The molecule has 28 heavy (non-hydrogen) atoms. The highest BCUT2D eigenvalue weighted by Gasteiger charge is 2.13. The topological polar surface area (TPSA) is 56.8 Å². The Bertz CT molecular complexity index is 736. The SMILES string of the molecule is COC(=O)CCOc1ccc(CC(C)NCC(OC)c2cccc(Cl)c2)cc1. The Labute approximate surface area is 171 Å². The minimum Gasteiger partial charge on any atom is -0.493 e.